The van der Waals surface area contributed by atoms with Crippen molar-refractivity contribution in [1.29, 1.82) is 0 Å². The van der Waals surface area contributed by atoms with Crippen molar-refractivity contribution in [2.45, 2.75) is 0 Å². The van der Waals surface area contributed by atoms with Gasteiger partial charge >= 0.3 is 0 Å². The highest BCUT2D eigenvalue weighted by Gasteiger charge is 2.33. The van der Waals surface area contributed by atoms with E-state index in [2.05, 4.69) is 25.6 Å². The van der Waals surface area contributed by atoms with E-state index >= 15 is 0 Å². The average Bonchev–Trinajstić information content (AvgIpc) is 3.10. The maximum Gasteiger partial charge on any atom is 0.232 e. The van der Waals surface area contributed by atoms with E-state index in [9.17, 15) is 19.2 Å². The minimum atomic E-state index is -0.289. The number of aromatic nitrogens is 3. The predicted octanol–water partition coefficient (Wildman–Crippen LogP) is 6.58. The van der Waals surface area contributed by atoms with Gasteiger partial charge in [-0.2, -0.15) is 15.0 Å². The topological polar surface area (TPSA) is 131 Å². The Morgan fingerprint density at radius 2 is 0.761 bits per heavy atom. The van der Waals surface area contributed by atoms with Crippen molar-refractivity contribution < 1.29 is 19.2 Å². The zero-order valence-electron chi connectivity index (χ0n) is 23.9. The molecular formula is C37H21N5O4. The molecule has 2 aliphatic carbocycles. The lowest BCUT2D eigenvalue weighted by Crippen LogP contribution is -2.22. The van der Waals surface area contributed by atoms with E-state index in [1.165, 1.54) is 0 Å². The Bertz CT molecular complexity index is 2160. The van der Waals surface area contributed by atoms with Crippen LogP contribution in [0, 0.1) is 0 Å². The van der Waals surface area contributed by atoms with Crippen LogP contribution in [0.5, 0.6) is 0 Å². The number of carbonyl (C=O) groups excluding carboxylic acids is 4. The van der Waals surface area contributed by atoms with Crippen molar-refractivity contribution >= 4 is 46.4 Å². The zero-order valence-corrected chi connectivity index (χ0v) is 23.9. The molecule has 9 nitrogen and oxygen atoms in total. The van der Waals surface area contributed by atoms with Crippen LogP contribution in [0.3, 0.4) is 0 Å². The fourth-order valence-corrected chi connectivity index (χ4v) is 5.94. The van der Waals surface area contributed by atoms with Crippen molar-refractivity contribution in [1.82, 2.24) is 15.0 Å². The number of hydrogen-bond acceptors (Lipinski definition) is 9. The van der Waals surface area contributed by atoms with Crippen LogP contribution in [-0.2, 0) is 0 Å². The summed E-state index contributed by atoms with van der Waals surface area (Å²) in [5, 5.41) is 6.29. The smallest absolute Gasteiger partial charge is 0.232 e. The number of nitrogens with one attached hydrogen (secondary N) is 2. The average molecular weight is 600 g/mol. The van der Waals surface area contributed by atoms with Crippen molar-refractivity contribution in [2.75, 3.05) is 10.6 Å². The second-order valence-corrected chi connectivity index (χ2v) is 10.8. The standard InChI is InChI=1S/C37H21N5O4/c43-31-21-12-4-6-14-23(21)33(45)29-25(31)16-8-18-27(29)38-36-40-35(20-10-2-1-3-11-20)41-37(42-36)39-28-19-9-17-26-30(28)34(46)24-15-7-5-13-22(24)32(26)44/h1-19H,(H2,38,39,40,41,42). The molecule has 1 heterocycles. The Morgan fingerprint density at radius 3 is 1.22 bits per heavy atom. The molecule has 2 aliphatic rings. The third kappa shape index (κ3) is 4.29. The van der Waals surface area contributed by atoms with Crippen molar-refractivity contribution in [2.24, 2.45) is 0 Å². The van der Waals surface area contributed by atoms with Crippen LogP contribution in [0.2, 0.25) is 0 Å². The lowest BCUT2D eigenvalue weighted by Gasteiger charge is -2.21. The fraction of sp³-hybridized carbons (Fsp3) is 0. The van der Waals surface area contributed by atoms with Crippen LogP contribution in [0.4, 0.5) is 23.3 Å². The molecule has 0 saturated heterocycles. The van der Waals surface area contributed by atoms with Crippen LogP contribution in [0.15, 0.2) is 115 Å². The number of carbonyl (C=O) groups is 4. The summed E-state index contributed by atoms with van der Waals surface area (Å²) < 4.78 is 0. The number of hydrogen-bond donors (Lipinski definition) is 2. The van der Waals surface area contributed by atoms with Gasteiger partial charge in [0, 0.05) is 38.9 Å². The van der Waals surface area contributed by atoms with Gasteiger partial charge in [-0.3, -0.25) is 19.2 Å². The van der Waals surface area contributed by atoms with Gasteiger partial charge in [0.2, 0.25) is 11.9 Å². The lowest BCUT2D eigenvalue weighted by atomic mass is 9.83. The molecule has 0 amide bonds. The van der Waals surface area contributed by atoms with Gasteiger partial charge in [-0.15, -0.1) is 0 Å². The van der Waals surface area contributed by atoms with Gasteiger partial charge < -0.3 is 10.6 Å². The Labute approximate surface area is 262 Å². The first kappa shape index (κ1) is 27.0. The third-order valence-corrected chi connectivity index (χ3v) is 8.07. The second-order valence-electron chi connectivity index (χ2n) is 10.8. The van der Waals surface area contributed by atoms with Crippen LogP contribution < -0.4 is 10.6 Å². The fourth-order valence-electron chi connectivity index (χ4n) is 5.94. The quantitative estimate of drug-likeness (QED) is 0.225. The molecule has 0 atom stereocenters. The molecule has 8 rings (SSSR count). The molecule has 218 valence electrons. The van der Waals surface area contributed by atoms with Crippen LogP contribution in [0.25, 0.3) is 11.4 Å². The molecule has 2 N–H and O–H groups in total. The summed E-state index contributed by atoms with van der Waals surface area (Å²) in [6, 6.07) is 32.7. The first-order valence-electron chi connectivity index (χ1n) is 14.5. The summed E-state index contributed by atoms with van der Waals surface area (Å²) in [6.45, 7) is 0. The Kier molecular flexibility index (Phi) is 6.18. The maximum absolute atomic E-state index is 13.6. The molecule has 46 heavy (non-hydrogen) atoms. The molecule has 0 aliphatic heterocycles. The molecule has 0 unspecified atom stereocenters. The van der Waals surface area contributed by atoms with E-state index in [1.807, 2.05) is 30.3 Å². The Balaban J connectivity index is 1.22. The molecular weight excluding hydrogens is 578 g/mol. The molecule has 0 bridgehead atoms. The van der Waals surface area contributed by atoms with Gasteiger partial charge in [-0.1, -0.05) is 103 Å². The molecule has 9 heteroatoms. The second kappa shape index (κ2) is 10.5. The Hall–Kier alpha value is -6.61. The van der Waals surface area contributed by atoms with E-state index in [-0.39, 0.29) is 57.3 Å². The van der Waals surface area contributed by atoms with E-state index < -0.39 is 0 Å². The number of anilines is 4. The van der Waals surface area contributed by atoms with E-state index in [0.29, 0.717) is 45.0 Å². The van der Waals surface area contributed by atoms with Crippen LogP contribution >= 0.6 is 0 Å². The highest BCUT2D eigenvalue weighted by molar-refractivity contribution is 6.31. The number of nitrogens with zero attached hydrogens (tertiary/aromatic N) is 3. The summed E-state index contributed by atoms with van der Waals surface area (Å²) in [6.07, 6.45) is 0. The largest absolute Gasteiger partial charge is 0.323 e. The first-order chi connectivity index (χ1) is 22.5. The summed E-state index contributed by atoms with van der Waals surface area (Å²) in [5.41, 5.74) is 3.79. The monoisotopic (exact) mass is 599 g/mol. The predicted molar refractivity (Wildman–Crippen MR) is 171 cm³/mol. The minimum Gasteiger partial charge on any atom is -0.323 e. The highest BCUT2D eigenvalue weighted by Crippen LogP contribution is 2.35. The molecule has 1 aromatic heterocycles. The Morgan fingerprint density at radius 1 is 0.370 bits per heavy atom. The highest BCUT2D eigenvalue weighted by atomic mass is 16.1. The van der Waals surface area contributed by atoms with E-state index in [4.69, 9.17) is 0 Å². The SMILES string of the molecule is O=C1c2ccccc2C(=O)c2c(Nc3nc(Nc4cccc5c4C(=O)c4ccccc4C5=O)nc(-c4ccccc4)n3)cccc21. The zero-order chi connectivity index (χ0) is 31.4. The normalized spacial score (nSPS) is 13.0. The molecule has 0 fully saturated rings. The minimum absolute atomic E-state index is 0.0985. The van der Waals surface area contributed by atoms with Crippen LogP contribution in [-0.4, -0.2) is 38.1 Å². The third-order valence-electron chi connectivity index (χ3n) is 8.07. The van der Waals surface area contributed by atoms with Crippen molar-refractivity contribution in [3.8, 4) is 11.4 Å². The summed E-state index contributed by atoms with van der Waals surface area (Å²) in [5.74, 6) is -0.553. The number of ketones is 4. The van der Waals surface area contributed by atoms with Gasteiger partial charge in [0.15, 0.2) is 29.0 Å². The van der Waals surface area contributed by atoms with Gasteiger partial charge in [0.1, 0.15) is 0 Å². The first-order valence-corrected chi connectivity index (χ1v) is 14.5. The molecule has 0 radical (unpaired) electrons. The number of rotatable bonds is 5. The van der Waals surface area contributed by atoms with Gasteiger partial charge in [0.25, 0.3) is 0 Å². The molecule has 0 saturated carbocycles. The van der Waals surface area contributed by atoms with E-state index in [0.717, 1.165) is 0 Å². The maximum atomic E-state index is 13.6. The lowest BCUT2D eigenvalue weighted by molar-refractivity contribution is 0.0979. The van der Waals surface area contributed by atoms with Crippen molar-refractivity contribution in [3.05, 3.63) is 160 Å². The van der Waals surface area contributed by atoms with Crippen molar-refractivity contribution in [3.63, 3.8) is 0 Å². The number of benzene rings is 5. The molecule has 0 spiro atoms. The van der Waals surface area contributed by atoms with Gasteiger partial charge in [-0.05, 0) is 12.1 Å². The summed E-state index contributed by atoms with van der Waals surface area (Å²) in [7, 11) is 0. The molecule has 6 aromatic rings. The number of fused-ring (bicyclic) bond motifs is 4. The molecule has 5 aromatic carbocycles. The van der Waals surface area contributed by atoms with Gasteiger partial charge in [0.05, 0.1) is 22.5 Å². The summed E-state index contributed by atoms with van der Waals surface area (Å²) >= 11 is 0. The van der Waals surface area contributed by atoms with E-state index in [1.54, 1.807) is 84.9 Å². The summed E-state index contributed by atoms with van der Waals surface area (Å²) in [4.78, 5) is 67.7. The van der Waals surface area contributed by atoms with Gasteiger partial charge in [-0.25, -0.2) is 0 Å². The van der Waals surface area contributed by atoms with Crippen LogP contribution in [0.1, 0.15) is 63.7 Å².